The summed E-state index contributed by atoms with van der Waals surface area (Å²) in [5, 5.41) is 3.09. The number of carbonyl (C=O) groups is 1. The maximum absolute atomic E-state index is 13.0. The van der Waals surface area contributed by atoms with Crippen molar-refractivity contribution in [1.29, 1.82) is 0 Å². The smallest absolute Gasteiger partial charge is 0.225 e. The number of nitrogens with one attached hydrogen (secondary N) is 1. The van der Waals surface area contributed by atoms with Crippen LogP contribution in [0.25, 0.3) is 16.7 Å². The van der Waals surface area contributed by atoms with Gasteiger partial charge in [0.25, 0.3) is 0 Å². The molecule has 7 nitrogen and oxygen atoms in total. The number of para-hydroxylation sites is 1. The van der Waals surface area contributed by atoms with Crippen LogP contribution in [-0.2, 0) is 11.3 Å². The summed E-state index contributed by atoms with van der Waals surface area (Å²) in [5.41, 5.74) is 3.71. The second-order valence-electron chi connectivity index (χ2n) is 7.86. The second-order valence-corrected chi connectivity index (χ2v) is 7.86. The van der Waals surface area contributed by atoms with Gasteiger partial charge in [0.05, 0.1) is 24.1 Å². The van der Waals surface area contributed by atoms with Crippen LogP contribution in [0.2, 0.25) is 0 Å². The van der Waals surface area contributed by atoms with Crippen LogP contribution in [0.1, 0.15) is 18.4 Å². The van der Waals surface area contributed by atoms with Crippen molar-refractivity contribution in [3.05, 3.63) is 66.5 Å². The van der Waals surface area contributed by atoms with Crippen LogP contribution in [0.15, 0.2) is 60.9 Å². The molecule has 1 aromatic carbocycles. The molecular formula is C24H25N5O2. The van der Waals surface area contributed by atoms with Gasteiger partial charge < -0.3 is 19.4 Å². The Balaban J connectivity index is 1.35. The molecule has 0 aliphatic carbocycles. The summed E-state index contributed by atoms with van der Waals surface area (Å²) in [5.74, 6) is 1.66. The lowest BCUT2D eigenvalue weighted by molar-refractivity contribution is -0.125. The Labute approximate surface area is 180 Å². The first-order chi connectivity index (χ1) is 15.2. The van der Waals surface area contributed by atoms with Gasteiger partial charge in [0.2, 0.25) is 5.91 Å². The van der Waals surface area contributed by atoms with E-state index < -0.39 is 0 Å². The van der Waals surface area contributed by atoms with Gasteiger partial charge in [-0.25, -0.2) is 9.97 Å². The number of anilines is 1. The largest absolute Gasteiger partial charge is 0.496 e. The third-order valence-electron chi connectivity index (χ3n) is 5.95. The molecule has 4 heterocycles. The molecule has 0 bridgehead atoms. The van der Waals surface area contributed by atoms with Gasteiger partial charge in [-0.1, -0.05) is 18.2 Å². The Bertz CT molecular complexity index is 1240. The molecule has 5 rings (SSSR count). The Morgan fingerprint density at radius 1 is 1.16 bits per heavy atom. The van der Waals surface area contributed by atoms with E-state index in [-0.39, 0.29) is 11.8 Å². The first kappa shape index (κ1) is 19.4. The molecule has 0 radical (unpaired) electrons. The third kappa shape index (κ3) is 3.67. The summed E-state index contributed by atoms with van der Waals surface area (Å²) < 4.78 is 7.51. The predicted molar refractivity (Wildman–Crippen MR) is 120 cm³/mol. The lowest BCUT2D eigenvalue weighted by Gasteiger charge is -2.33. The summed E-state index contributed by atoms with van der Waals surface area (Å²) in [6, 6.07) is 15.8. The van der Waals surface area contributed by atoms with Crippen molar-refractivity contribution in [2.24, 2.45) is 5.92 Å². The van der Waals surface area contributed by atoms with Gasteiger partial charge in [0, 0.05) is 37.6 Å². The van der Waals surface area contributed by atoms with Crippen molar-refractivity contribution in [3.63, 3.8) is 0 Å². The average molecular weight is 415 g/mol. The highest BCUT2D eigenvalue weighted by atomic mass is 16.5. The van der Waals surface area contributed by atoms with Gasteiger partial charge in [0.1, 0.15) is 5.75 Å². The monoisotopic (exact) mass is 415 g/mol. The van der Waals surface area contributed by atoms with Crippen molar-refractivity contribution < 1.29 is 9.53 Å². The molecule has 1 aliphatic heterocycles. The summed E-state index contributed by atoms with van der Waals surface area (Å²) in [6.07, 6.45) is 5.61. The molecule has 0 unspecified atom stereocenters. The van der Waals surface area contributed by atoms with Gasteiger partial charge in [-0.05, 0) is 43.2 Å². The van der Waals surface area contributed by atoms with Crippen molar-refractivity contribution >= 4 is 28.4 Å². The lowest BCUT2D eigenvalue weighted by Crippen LogP contribution is -2.43. The fourth-order valence-corrected chi connectivity index (χ4v) is 4.39. The van der Waals surface area contributed by atoms with E-state index in [9.17, 15) is 4.79 Å². The number of hydrogen-bond acceptors (Lipinski definition) is 5. The summed E-state index contributed by atoms with van der Waals surface area (Å²) >= 11 is 0. The van der Waals surface area contributed by atoms with Crippen LogP contribution in [0, 0.1) is 5.92 Å². The van der Waals surface area contributed by atoms with Crippen LogP contribution in [0.5, 0.6) is 5.75 Å². The van der Waals surface area contributed by atoms with Crippen LogP contribution in [-0.4, -0.2) is 40.5 Å². The number of fused-ring (bicyclic) bond motifs is 3. The molecule has 7 heteroatoms. The first-order valence-electron chi connectivity index (χ1n) is 10.6. The van der Waals surface area contributed by atoms with Gasteiger partial charge in [-0.3, -0.25) is 4.79 Å². The predicted octanol–water partition coefficient (Wildman–Crippen LogP) is 3.42. The fourth-order valence-electron chi connectivity index (χ4n) is 4.39. The van der Waals surface area contributed by atoms with E-state index in [0.717, 1.165) is 47.6 Å². The number of pyridine rings is 1. The highest BCUT2D eigenvalue weighted by molar-refractivity contribution is 5.84. The number of carbonyl (C=O) groups excluding carboxylic acids is 1. The summed E-state index contributed by atoms with van der Waals surface area (Å²) in [7, 11) is 1.65. The topological polar surface area (TPSA) is 71.8 Å². The lowest BCUT2D eigenvalue weighted by atomic mass is 9.97. The zero-order valence-corrected chi connectivity index (χ0v) is 17.5. The molecular weight excluding hydrogens is 390 g/mol. The summed E-state index contributed by atoms with van der Waals surface area (Å²) in [6.45, 7) is 1.98. The van der Waals surface area contributed by atoms with Gasteiger partial charge >= 0.3 is 0 Å². The van der Waals surface area contributed by atoms with E-state index in [1.54, 1.807) is 13.3 Å². The Morgan fingerprint density at radius 3 is 2.94 bits per heavy atom. The van der Waals surface area contributed by atoms with E-state index in [2.05, 4.69) is 25.7 Å². The minimum atomic E-state index is -0.0836. The Hall–Kier alpha value is -3.61. The molecule has 1 aliphatic rings. The van der Waals surface area contributed by atoms with E-state index in [1.807, 2.05) is 48.7 Å². The molecule has 1 N–H and O–H groups in total. The van der Waals surface area contributed by atoms with Crippen LogP contribution < -0.4 is 15.0 Å². The SMILES string of the molecule is COc1ccccc1CNC(=O)[C@H]1CCCN(c2nc3ncccc3n3cccc23)C1. The number of hydrogen-bond donors (Lipinski definition) is 1. The zero-order chi connectivity index (χ0) is 21.2. The number of rotatable bonds is 5. The summed E-state index contributed by atoms with van der Waals surface area (Å²) in [4.78, 5) is 24.5. The van der Waals surface area contributed by atoms with Crippen molar-refractivity contribution in [2.45, 2.75) is 19.4 Å². The first-order valence-corrected chi connectivity index (χ1v) is 10.6. The van der Waals surface area contributed by atoms with Crippen molar-refractivity contribution in [2.75, 3.05) is 25.1 Å². The van der Waals surface area contributed by atoms with Gasteiger partial charge in [-0.2, -0.15) is 0 Å². The molecule has 158 valence electrons. The quantitative estimate of drug-likeness (QED) is 0.541. The minimum absolute atomic E-state index is 0.0703. The molecule has 1 amide bonds. The fraction of sp³-hybridized carbons (Fsp3) is 0.292. The highest BCUT2D eigenvalue weighted by Gasteiger charge is 2.28. The average Bonchev–Trinajstić information content (AvgIpc) is 3.32. The number of ether oxygens (including phenoxy) is 1. The van der Waals surface area contributed by atoms with Gasteiger partial charge in [0.15, 0.2) is 11.5 Å². The molecule has 1 atom stereocenters. The second kappa shape index (κ2) is 8.26. The number of piperidine rings is 1. The number of benzene rings is 1. The van der Waals surface area contributed by atoms with Crippen molar-refractivity contribution in [3.8, 4) is 5.75 Å². The standard InChI is InChI=1S/C24H25N5O2/c1-31-21-11-3-2-7-17(21)15-26-24(30)18-8-5-13-28(16-18)23-20-10-6-14-29(20)19-9-4-12-25-22(19)27-23/h2-4,6-7,9-12,14,18H,5,8,13,15-16H2,1H3,(H,26,30)/t18-/m0/s1. The highest BCUT2D eigenvalue weighted by Crippen LogP contribution is 2.28. The van der Waals surface area contributed by atoms with Crippen LogP contribution in [0.3, 0.4) is 0 Å². The molecule has 4 aromatic rings. The maximum atomic E-state index is 13.0. The number of methoxy groups -OCH3 is 1. The Kier molecular flexibility index (Phi) is 5.16. The zero-order valence-electron chi connectivity index (χ0n) is 17.5. The maximum Gasteiger partial charge on any atom is 0.225 e. The molecule has 1 saturated heterocycles. The normalized spacial score (nSPS) is 16.5. The number of nitrogens with zero attached hydrogens (tertiary/aromatic N) is 4. The number of amides is 1. The van der Waals surface area contributed by atoms with E-state index in [0.29, 0.717) is 18.7 Å². The number of aromatic nitrogens is 3. The van der Waals surface area contributed by atoms with Crippen LogP contribution in [0.4, 0.5) is 5.82 Å². The minimum Gasteiger partial charge on any atom is -0.496 e. The van der Waals surface area contributed by atoms with E-state index in [1.165, 1.54) is 0 Å². The molecule has 0 spiro atoms. The molecule has 0 saturated carbocycles. The van der Waals surface area contributed by atoms with E-state index >= 15 is 0 Å². The Morgan fingerprint density at radius 2 is 2.03 bits per heavy atom. The van der Waals surface area contributed by atoms with Crippen LogP contribution >= 0.6 is 0 Å². The van der Waals surface area contributed by atoms with E-state index in [4.69, 9.17) is 9.72 Å². The van der Waals surface area contributed by atoms with Crippen molar-refractivity contribution in [1.82, 2.24) is 19.7 Å². The molecule has 31 heavy (non-hydrogen) atoms. The van der Waals surface area contributed by atoms with Gasteiger partial charge in [-0.15, -0.1) is 0 Å². The molecule has 1 fully saturated rings. The third-order valence-corrected chi connectivity index (χ3v) is 5.95. The molecule has 3 aromatic heterocycles.